The number of hydrogen-bond donors (Lipinski definition) is 1. The molecule has 1 aromatic carbocycles. The first-order valence-corrected chi connectivity index (χ1v) is 8.16. The summed E-state index contributed by atoms with van der Waals surface area (Å²) < 4.78 is 0. The van der Waals surface area contributed by atoms with Crippen molar-refractivity contribution in [3.05, 3.63) is 35.4 Å². The van der Waals surface area contributed by atoms with E-state index in [-0.39, 0.29) is 17.9 Å². The molecule has 3 heteroatoms. The van der Waals surface area contributed by atoms with Crippen LogP contribution in [0.5, 0.6) is 0 Å². The van der Waals surface area contributed by atoms with Gasteiger partial charge in [-0.2, -0.15) is 0 Å². The van der Waals surface area contributed by atoms with Gasteiger partial charge in [-0.1, -0.05) is 38.1 Å². The van der Waals surface area contributed by atoms with Gasteiger partial charge in [0.1, 0.15) is 0 Å². The third-order valence-electron chi connectivity index (χ3n) is 4.79. The van der Waals surface area contributed by atoms with E-state index in [9.17, 15) is 4.79 Å². The monoisotopic (exact) mass is 288 g/mol. The van der Waals surface area contributed by atoms with E-state index in [1.807, 2.05) is 11.8 Å². The van der Waals surface area contributed by atoms with Gasteiger partial charge in [0.05, 0.1) is 5.92 Å². The molecular weight excluding hydrogens is 260 g/mol. The highest BCUT2D eigenvalue weighted by Crippen LogP contribution is 2.26. The molecule has 0 radical (unpaired) electrons. The normalized spacial score (nSPS) is 23.9. The van der Waals surface area contributed by atoms with Gasteiger partial charge in [0.2, 0.25) is 5.91 Å². The summed E-state index contributed by atoms with van der Waals surface area (Å²) in [6, 6.07) is 8.63. The van der Waals surface area contributed by atoms with Crippen LogP contribution in [0.4, 0.5) is 0 Å². The van der Waals surface area contributed by atoms with Crippen molar-refractivity contribution in [2.24, 2.45) is 11.7 Å². The van der Waals surface area contributed by atoms with Crippen molar-refractivity contribution >= 4 is 5.91 Å². The van der Waals surface area contributed by atoms with Gasteiger partial charge >= 0.3 is 0 Å². The van der Waals surface area contributed by atoms with Crippen LogP contribution in [0.2, 0.25) is 0 Å². The summed E-state index contributed by atoms with van der Waals surface area (Å²) in [7, 11) is 0. The van der Waals surface area contributed by atoms with Crippen LogP contribution in [0.3, 0.4) is 0 Å². The van der Waals surface area contributed by atoms with Crippen LogP contribution in [0.25, 0.3) is 0 Å². The summed E-state index contributed by atoms with van der Waals surface area (Å²) in [6.07, 6.45) is 3.15. The molecule has 1 heterocycles. The lowest BCUT2D eigenvalue weighted by atomic mass is 9.90. The van der Waals surface area contributed by atoms with E-state index in [0.717, 1.165) is 31.4 Å². The molecule has 3 atom stereocenters. The topological polar surface area (TPSA) is 46.3 Å². The maximum Gasteiger partial charge on any atom is 0.230 e. The lowest BCUT2D eigenvalue weighted by Gasteiger charge is -2.39. The number of carbonyl (C=O) groups excluding carboxylic acids is 1. The Labute approximate surface area is 128 Å². The zero-order chi connectivity index (χ0) is 15.4. The quantitative estimate of drug-likeness (QED) is 0.926. The second kappa shape index (κ2) is 7.08. The van der Waals surface area contributed by atoms with Crippen molar-refractivity contribution in [3.63, 3.8) is 0 Å². The lowest BCUT2D eigenvalue weighted by molar-refractivity contribution is -0.136. The number of hydrogen-bond acceptors (Lipinski definition) is 2. The Bertz CT molecular complexity index is 469. The summed E-state index contributed by atoms with van der Waals surface area (Å²) in [5.41, 5.74) is 8.29. The highest BCUT2D eigenvalue weighted by atomic mass is 16.2. The Morgan fingerprint density at radius 1 is 1.38 bits per heavy atom. The van der Waals surface area contributed by atoms with Crippen LogP contribution in [-0.4, -0.2) is 29.9 Å². The second-order valence-corrected chi connectivity index (χ2v) is 6.37. The Kier molecular flexibility index (Phi) is 5.40. The van der Waals surface area contributed by atoms with Gasteiger partial charge in [-0.25, -0.2) is 0 Å². The third-order valence-corrected chi connectivity index (χ3v) is 4.79. The van der Waals surface area contributed by atoms with Crippen LogP contribution >= 0.6 is 0 Å². The molecule has 1 aromatic rings. The molecule has 1 saturated heterocycles. The van der Waals surface area contributed by atoms with Crippen LogP contribution in [0.1, 0.15) is 50.7 Å². The van der Waals surface area contributed by atoms with Crippen molar-refractivity contribution in [1.82, 2.24) is 4.90 Å². The SMILES string of the molecule is CCc1ccc(C(C)C(=O)N2CCC(C)CC2CN)cc1. The van der Waals surface area contributed by atoms with Crippen LogP contribution in [0, 0.1) is 5.92 Å². The van der Waals surface area contributed by atoms with Crippen molar-refractivity contribution in [2.75, 3.05) is 13.1 Å². The molecule has 0 bridgehead atoms. The van der Waals surface area contributed by atoms with Gasteiger partial charge in [-0.05, 0) is 43.2 Å². The molecular formula is C18H28N2O. The van der Waals surface area contributed by atoms with Crippen molar-refractivity contribution < 1.29 is 4.79 Å². The number of piperidine rings is 1. The number of carbonyl (C=O) groups is 1. The number of nitrogens with two attached hydrogens (primary N) is 1. The van der Waals surface area contributed by atoms with E-state index >= 15 is 0 Å². The molecule has 1 aliphatic rings. The molecule has 0 aromatic heterocycles. The van der Waals surface area contributed by atoms with Gasteiger partial charge in [-0.3, -0.25) is 4.79 Å². The number of amides is 1. The maximum absolute atomic E-state index is 12.8. The second-order valence-electron chi connectivity index (χ2n) is 6.37. The minimum atomic E-state index is -0.0848. The van der Waals surface area contributed by atoms with Crippen LogP contribution in [0.15, 0.2) is 24.3 Å². The first-order valence-electron chi connectivity index (χ1n) is 8.16. The molecule has 1 amide bonds. The molecule has 0 saturated carbocycles. The van der Waals surface area contributed by atoms with Gasteiger partial charge < -0.3 is 10.6 Å². The molecule has 0 aliphatic carbocycles. The maximum atomic E-state index is 12.8. The number of nitrogens with zero attached hydrogens (tertiary/aromatic N) is 1. The van der Waals surface area contributed by atoms with Gasteiger partial charge in [0.15, 0.2) is 0 Å². The predicted molar refractivity (Wildman–Crippen MR) is 87.2 cm³/mol. The van der Waals surface area contributed by atoms with Crippen LogP contribution < -0.4 is 5.73 Å². The minimum absolute atomic E-state index is 0.0848. The first kappa shape index (κ1) is 16.0. The lowest BCUT2D eigenvalue weighted by Crippen LogP contribution is -2.50. The van der Waals surface area contributed by atoms with Crippen molar-refractivity contribution in [2.45, 2.75) is 52.0 Å². The molecule has 1 fully saturated rings. The molecule has 3 nitrogen and oxygen atoms in total. The van der Waals surface area contributed by atoms with Gasteiger partial charge in [0, 0.05) is 19.1 Å². The molecule has 1 aliphatic heterocycles. The summed E-state index contributed by atoms with van der Waals surface area (Å²) >= 11 is 0. The summed E-state index contributed by atoms with van der Waals surface area (Å²) in [5.74, 6) is 0.807. The summed E-state index contributed by atoms with van der Waals surface area (Å²) in [6.45, 7) is 7.81. The molecule has 0 spiro atoms. The molecule has 2 rings (SSSR count). The largest absolute Gasteiger partial charge is 0.338 e. The zero-order valence-electron chi connectivity index (χ0n) is 13.5. The highest BCUT2D eigenvalue weighted by molar-refractivity contribution is 5.83. The van der Waals surface area contributed by atoms with Crippen molar-refractivity contribution in [3.8, 4) is 0 Å². The Hall–Kier alpha value is -1.35. The highest BCUT2D eigenvalue weighted by Gasteiger charge is 2.31. The van der Waals surface area contributed by atoms with E-state index in [1.54, 1.807) is 0 Å². The first-order chi connectivity index (χ1) is 10.1. The van der Waals surface area contributed by atoms with Crippen LogP contribution in [-0.2, 0) is 11.2 Å². The Balaban J connectivity index is 2.10. The fourth-order valence-electron chi connectivity index (χ4n) is 3.20. The van der Waals surface area contributed by atoms with Gasteiger partial charge in [0.25, 0.3) is 0 Å². The third kappa shape index (κ3) is 3.65. The number of rotatable bonds is 4. The van der Waals surface area contributed by atoms with E-state index in [0.29, 0.717) is 12.5 Å². The van der Waals surface area contributed by atoms with Gasteiger partial charge in [-0.15, -0.1) is 0 Å². The fraction of sp³-hybridized carbons (Fsp3) is 0.611. The molecule has 3 unspecified atom stereocenters. The van der Waals surface area contributed by atoms with E-state index < -0.39 is 0 Å². The summed E-state index contributed by atoms with van der Waals surface area (Å²) in [4.78, 5) is 14.8. The molecule has 2 N–H and O–H groups in total. The smallest absolute Gasteiger partial charge is 0.230 e. The van der Waals surface area contributed by atoms with E-state index in [4.69, 9.17) is 5.73 Å². The van der Waals surface area contributed by atoms with Crippen molar-refractivity contribution in [1.29, 1.82) is 0 Å². The Morgan fingerprint density at radius 2 is 2.05 bits per heavy atom. The average Bonchev–Trinajstić information content (AvgIpc) is 2.53. The number of likely N-dealkylation sites (tertiary alicyclic amines) is 1. The zero-order valence-corrected chi connectivity index (χ0v) is 13.5. The molecule has 21 heavy (non-hydrogen) atoms. The number of benzene rings is 1. The van der Waals surface area contributed by atoms with E-state index in [2.05, 4.69) is 38.1 Å². The fourth-order valence-corrected chi connectivity index (χ4v) is 3.20. The average molecular weight is 288 g/mol. The standard InChI is InChI=1S/C18H28N2O/c1-4-15-5-7-16(8-6-15)14(3)18(21)20-10-9-13(2)11-17(20)12-19/h5-8,13-14,17H,4,9-12,19H2,1-3H3. The Morgan fingerprint density at radius 3 is 2.62 bits per heavy atom. The van der Waals surface area contributed by atoms with E-state index in [1.165, 1.54) is 5.56 Å². The predicted octanol–water partition coefficient (Wildman–Crippen LogP) is 2.94. The molecule has 116 valence electrons. The summed E-state index contributed by atoms with van der Waals surface area (Å²) in [5, 5.41) is 0. The minimum Gasteiger partial charge on any atom is -0.338 e. The number of aryl methyl sites for hydroxylation is 1.